The first-order valence-electron chi connectivity index (χ1n) is 7.58. The molecular formula is C19H22O3S. The number of thiophene rings is 1. The molecule has 1 aromatic heterocycles. The van der Waals surface area contributed by atoms with Crippen molar-refractivity contribution in [3.8, 4) is 0 Å². The number of rotatable bonds is 5. The Hall–Kier alpha value is -1.94. The van der Waals surface area contributed by atoms with Crippen LogP contribution in [0.25, 0.3) is 0 Å². The molecule has 23 heavy (non-hydrogen) atoms. The van der Waals surface area contributed by atoms with E-state index in [9.17, 15) is 9.59 Å². The predicted octanol–water partition coefficient (Wildman–Crippen LogP) is 4.19. The Bertz CT molecular complexity index is 693. The third-order valence-electron chi connectivity index (χ3n) is 3.55. The Morgan fingerprint density at radius 3 is 2.30 bits per heavy atom. The zero-order valence-electron chi connectivity index (χ0n) is 14.0. The van der Waals surface area contributed by atoms with Crippen LogP contribution < -0.4 is 0 Å². The van der Waals surface area contributed by atoms with Gasteiger partial charge in [-0.1, -0.05) is 51.1 Å². The van der Waals surface area contributed by atoms with E-state index in [1.807, 2.05) is 36.4 Å². The summed E-state index contributed by atoms with van der Waals surface area (Å²) in [6.07, 6.45) is 0.633. The van der Waals surface area contributed by atoms with E-state index in [4.69, 9.17) is 4.74 Å². The highest BCUT2D eigenvalue weighted by molar-refractivity contribution is 7.14. The number of esters is 1. The zero-order valence-corrected chi connectivity index (χ0v) is 14.8. The average molecular weight is 330 g/mol. The number of hydrogen-bond acceptors (Lipinski definition) is 4. The molecule has 1 heterocycles. The van der Waals surface area contributed by atoms with Crippen LogP contribution in [-0.4, -0.2) is 18.9 Å². The Kier molecular flexibility index (Phi) is 5.37. The van der Waals surface area contributed by atoms with E-state index in [1.165, 1.54) is 18.4 Å². The lowest BCUT2D eigenvalue weighted by Gasteiger charge is -2.15. The van der Waals surface area contributed by atoms with Crippen LogP contribution >= 0.6 is 11.3 Å². The summed E-state index contributed by atoms with van der Waals surface area (Å²) in [6, 6.07) is 11.6. The summed E-state index contributed by atoms with van der Waals surface area (Å²) in [5.41, 5.74) is 1.70. The fraction of sp³-hybridized carbons (Fsp3) is 0.368. The molecule has 0 amide bonds. The topological polar surface area (TPSA) is 43.4 Å². The summed E-state index contributed by atoms with van der Waals surface area (Å²) in [6.45, 7) is 6.28. The summed E-state index contributed by atoms with van der Waals surface area (Å²) < 4.78 is 4.86. The Labute approximate surface area is 141 Å². The van der Waals surface area contributed by atoms with E-state index in [1.54, 1.807) is 0 Å². The van der Waals surface area contributed by atoms with Crippen molar-refractivity contribution in [1.29, 1.82) is 0 Å². The summed E-state index contributed by atoms with van der Waals surface area (Å²) >= 11 is 1.42. The third kappa shape index (κ3) is 4.52. The second-order valence-corrected chi connectivity index (χ2v) is 7.64. The van der Waals surface area contributed by atoms with Crippen LogP contribution in [0, 0.1) is 0 Å². The van der Waals surface area contributed by atoms with Gasteiger partial charge in [0.15, 0.2) is 0 Å². The van der Waals surface area contributed by atoms with E-state index in [-0.39, 0.29) is 23.6 Å². The highest BCUT2D eigenvalue weighted by Gasteiger charge is 2.24. The highest BCUT2D eigenvalue weighted by atomic mass is 32.1. The Balaban J connectivity index is 2.22. The molecule has 4 heteroatoms. The van der Waals surface area contributed by atoms with E-state index < -0.39 is 0 Å². The van der Waals surface area contributed by atoms with Crippen LogP contribution in [0.5, 0.6) is 0 Å². The van der Waals surface area contributed by atoms with Crippen molar-refractivity contribution in [1.82, 2.24) is 0 Å². The molecule has 122 valence electrons. The smallest absolute Gasteiger partial charge is 0.348 e. The summed E-state index contributed by atoms with van der Waals surface area (Å²) in [7, 11) is 1.37. The lowest BCUT2D eigenvalue weighted by Crippen LogP contribution is -2.10. The van der Waals surface area contributed by atoms with Crippen LogP contribution in [0.3, 0.4) is 0 Å². The first-order valence-corrected chi connectivity index (χ1v) is 8.40. The Morgan fingerprint density at radius 1 is 1.09 bits per heavy atom. The molecule has 0 spiro atoms. The molecular weight excluding hydrogens is 308 g/mol. The number of hydrogen-bond donors (Lipinski definition) is 0. The number of ether oxygens (including phenoxy) is 1. The monoisotopic (exact) mass is 330 g/mol. The van der Waals surface area contributed by atoms with Crippen molar-refractivity contribution in [2.75, 3.05) is 7.11 Å². The number of methoxy groups -OCH3 is 1. The maximum absolute atomic E-state index is 12.4. The lowest BCUT2D eigenvalue weighted by atomic mass is 9.93. The highest BCUT2D eigenvalue weighted by Crippen LogP contribution is 2.33. The molecule has 1 aromatic carbocycles. The second kappa shape index (κ2) is 7.09. The minimum atomic E-state index is -0.368. The predicted molar refractivity (Wildman–Crippen MR) is 93.2 cm³/mol. The van der Waals surface area contributed by atoms with Gasteiger partial charge in [0.2, 0.25) is 0 Å². The molecule has 0 saturated heterocycles. The first-order chi connectivity index (χ1) is 10.8. The van der Waals surface area contributed by atoms with Crippen molar-refractivity contribution < 1.29 is 14.3 Å². The van der Waals surface area contributed by atoms with Crippen LogP contribution in [0.4, 0.5) is 0 Å². The van der Waals surface area contributed by atoms with Crippen LogP contribution in [-0.2, 0) is 27.8 Å². The van der Waals surface area contributed by atoms with Crippen LogP contribution in [0.2, 0.25) is 0 Å². The zero-order chi connectivity index (χ0) is 17.0. The molecule has 0 fully saturated rings. The van der Waals surface area contributed by atoms with E-state index in [0.29, 0.717) is 11.3 Å². The van der Waals surface area contributed by atoms with E-state index in [2.05, 4.69) is 20.8 Å². The minimum absolute atomic E-state index is 0.0613. The van der Waals surface area contributed by atoms with Gasteiger partial charge in [-0.3, -0.25) is 4.79 Å². The minimum Gasteiger partial charge on any atom is -0.465 e. The molecule has 3 nitrogen and oxygen atoms in total. The number of ketones is 1. The molecule has 0 aliphatic carbocycles. The molecule has 0 bridgehead atoms. The van der Waals surface area contributed by atoms with Gasteiger partial charge >= 0.3 is 5.97 Å². The molecule has 2 aromatic rings. The maximum Gasteiger partial charge on any atom is 0.348 e. The number of Topliss-reactive ketones (excluding diaryl/α,β-unsaturated/α-hetero) is 1. The second-order valence-electron chi connectivity index (χ2n) is 6.58. The molecule has 2 rings (SSSR count). The van der Waals surface area contributed by atoms with Gasteiger partial charge in [0.05, 0.1) is 7.11 Å². The normalized spacial score (nSPS) is 11.3. The quantitative estimate of drug-likeness (QED) is 0.772. The van der Waals surface area contributed by atoms with Gasteiger partial charge in [0.25, 0.3) is 0 Å². The van der Waals surface area contributed by atoms with Gasteiger partial charge < -0.3 is 4.74 Å². The molecule has 0 aliphatic heterocycles. The summed E-state index contributed by atoms with van der Waals surface area (Å²) in [4.78, 5) is 26.0. The maximum atomic E-state index is 12.4. The van der Waals surface area contributed by atoms with Gasteiger partial charge in [-0.2, -0.15) is 0 Å². The van der Waals surface area contributed by atoms with Gasteiger partial charge in [0, 0.05) is 17.7 Å². The van der Waals surface area contributed by atoms with Crippen molar-refractivity contribution in [2.45, 2.75) is 39.0 Å². The van der Waals surface area contributed by atoms with Crippen molar-refractivity contribution in [3.05, 3.63) is 57.3 Å². The van der Waals surface area contributed by atoms with Crippen LogP contribution in [0.1, 0.15) is 46.4 Å². The summed E-state index contributed by atoms with van der Waals surface area (Å²) in [5.74, 6) is -0.271. The number of carbonyl (C=O) groups is 2. The van der Waals surface area contributed by atoms with Crippen molar-refractivity contribution in [2.24, 2.45) is 0 Å². The van der Waals surface area contributed by atoms with E-state index >= 15 is 0 Å². The van der Waals surface area contributed by atoms with Crippen LogP contribution in [0.15, 0.2) is 36.4 Å². The lowest BCUT2D eigenvalue weighted by molar-refractivity contribution is -0.117. The molecule has 0 unspecified atom stereocenters. The average Bonchev–Trinajstić information content (AvgIpc) is 2.91. The largest absolute Gasteiger partial charge is 0.465 e. The Morgan fingerprint density at radius 2 is 1.74 bits per heavy atom. The fourth-order valence-corrected chi connectivity index (χ4v) is 3.45. The van der Waals surface area contributed by atoms with Crippen molar-refractivity contribution >= 4 is 23.1 Å². The van der Waals surface area contributed by atoms with Gasteiger partial charge in [0.1, 0.15) is 10.7 Å². The SMILES string of the molecule is COC(=O)c1sc(C(C)(C)C)cc1CC(=O)Cc1ccccc1. The number of carbonyl (C=O) groups excluding carboxylic acids is 2. The van der Waals surface area contributed by atoms with Gasteiger partial charge in [-0.15, -0.1) is 11.3 Å². The van der Waals surface area contributed by atoms with Gasteiger partial charge in [-0.05, 0) is 22.6 Å². The summed E-state index contributed by atoms with van der Waals surface area (Å²) in [5, 5.41) is 0. The first kappa shape index (κ1) is 17.4. The number of benzene rings is 1. The standard InChI is InChI=1S/C19H22O3S/c1-19(2,3)16-12-14(17(23-16)18(21)22-4)11-15(20)10-13-8-6-5-7-9-13/h5-9,12H,10-11H2,1-4H3. The third-order valence-corrected chi connectivity index (χ3v) is 5.13. The van der Waals surface area contributed by atoms with E-state index in [0.717, 1.165) is 16.0 Å². The van der Waals surface area contributed by atoms with Crippen molar-refractivity contribution in [3.63, 3.8) is 0 Å². The molecule has 0 radical (unpaired) electrons. The molecule has 0 aliphatic rings. The molecule has 0 atom stereocenters. The molecule has 0 saturated carbocycles. The van der Waals surface area contributed by atoms with Gasteiger partial charge in [-0.25, -0.2) is 4.79 Å². The fourth-order valence-electron chi connectivity index (χ4n) is 2.29. The molecule has 0 N–H and O–H groups in total.